The average molecular weight is 443 g/mol. The Kier molecular flexibility index (Phi) is 5.29. The summed E-state index contributed by atoms with van der Waals surface area (Å²) in [6.45, 7) is 6.17. The van der Waals surface area contributed by atoms with Crippen LogP contribution in [-0.2, 0) is 26.2 Å². The summed E-state index contributed by atoms with van der Waals surface area (Å²) >= 11 is 0. The van der Waals surface area contributed by atoms with E-state index in [2.05, 4.69) is 43.9 Å². The summed E-state index contributed by atoms with van der Waals surface area (Å²) in [6, 6.07) is 10.1. The Morgan fingerprint density at radius 2 is 2.12 bits per heavy atom. The summed E-state index contributed by atoms with van der Waals surface area (Å²) in [5.41, 5.74) is 12.4. The van der Waals surface area contributed by atoms with Gasteiger partial charge in [-0.15, -0.1) is 0 Å². The number of anilines is 2. The van der Waals surface area contributed by atoms with Crippen LogP contribution in [-0.4, -0.2) is 30.2 Å². The third-order valence-corrected chi connectivity index (χ3v) is 5.95. The molecule has 0 bridgehead atoms. The molecule has 0 radical (unpaired) electrons. The Morgan fingerprint density at radius 3 is 2.91 bits per heavy atom. The molecule has 3 aromatic heterocycles. The average Bonchev–Trinajstić information content (AvgIpc) is 3.39. The summed E-state index contributed by atoms with van der Waals surface area (Å²) in [5, 5.41) is 10.7. The van der Waals surface area contributed by atoms with Gasteiger partial charge in [-0.05, 0) is 54.3 Å². The Hall–Kier alpha value is -4.14. The standard InChI is InChI=1S/C24H26N8O/c1-15-8-22(25)29-16(2)19(15)10-27-24(33)21-14-31-13-18-5-4-17(12-32-7-3-6-28-32)9-20(18)26-11-23(31)30-21/h3-9,14,26H,10-13H2,1-2H3,(H2,25,29)(H,27,33). The Morgan fingerprint density at radius 1 is 1.24 bits per heavy atom. The lowest BCUT2D eigenvalue weighted by Gasteiger charge is -2.11. The minimum atomic E-state index is -0.207. The van der Waals surface area contributed by atoms with E-state index in [0.717, 1.165) is 40.4 Å². The van der Waals surface area contributed by atoms with E-state index in [4.69, 9.17) is 5.73 Å². The fourth-order valence-corrected chi connectivity index (χ4v) is 4.22. The van der Waals surface area contributed by atoms with Gasteiger partial charge in [-0.3, -0.25) is 9.48 Å². The van der Waals surface area contributed by atoms with Crippen molar-refractivity contribution in [3.05, 3.63) is 88.4 Å². The van der Waals surface area contributed by atoms with Crippen LogP contribution in [0.4, 0.5) is 11.5 Å². The normalized spacial score (nSPS) is 12.4. The monoisotopic (exact) mass is 442 g/mol. The topological polar surface area (TPSA) is 116 Å². The number of aromatic nitrogens is 5. The second-order valence-corrected chi connectivity index (χ2v) is 8.33. The largest absolute Gasteiger partial charge is 0.384 e. The molecule has 33 heavy (non-hydrogen) atoms. The maximum atomic E-state index is 12.8. The third kappa shape index (κ3) is 4.30. The number of nitrogens with zero attached hydrogens (tertiary/aromatic N) is 5. The molecule has 1 aliphatic rings. The van der Waals surface area contributed by atoms with Crippen LogP contribution >= 0.6 is 0 Å². The fraction of sp³-hybridized carbons (Fsp3) is 0.250. The van der Waals surface area contributed by atoms with Gasteiger partial charge in [-0.2, -0.15) is 5.10 Å². The van der Waals surface area contributed by atoms with Gasteiger partial charge in [0, 0.05) is 36.5 Å². The SMILES string of the molecule is Cc1cc(N)nc(C)c1CNC(=O)c1cn2c(n1)CNc1cc(Cn3cccn3)ccc1C2. The molecule has 1 aliphatic heterocycles. The molecule has 4 aromatic rings. The van der Waals surface area contributed by atoms with E-state index < -0.39 is 0 Å². The Labute approximate surface area is 191 Å². The number of hydrogen-bond donors (Lipinski definition) is 3. The Bertz CT molecular complexity index is 1300. The van der Waals surface area contributed by atoms with E-state index in [1.807, 2.05) is 47.6 Å². The molecule has 0 saturated heterocycles. The highest BCUT2D eigenvalue weighted by molar-refractivity contribution is 5.92. The van der Waals surface area contributed by atoms with Gasteiger partial charge in [-0.1, -0.05) is 12.1 Å². The number of carbonyl (C=O) groups excluding carboxylic acids is 1. The molecule has 0 aliphatic carbocycles. The van der Waals surface area contributed by atoms with Gasteiger partial charge in [0.2, 0.25) is 0 Å². The molecule has 1 amide bonds. The first-order chi connectivity index (χ1) is 16.0. The van der Waals surface area contributed by atoms with E-state index in [0.29, 0.717) is 31.1 Å². The van der Waals surface area contributed by atoms with Crippen molar-refractivity contribution in [1.82, 2.24) is 29.6 Å². The minimum Gasteiger partial charge on any atom is -0.384 e. The molecule has 0 spiro atoms. The first kappa shape index (κ1) is 20.7. The van der Waals surface area contributed by atoms with Crippen LogP contribution in [0.1, 0.15) is 44.3 Å². The van der Waals surface area contributed by atoms with Crippen molar-refractivity contribution in [3.8, 4) is 0 Å². The van der Waals surface area contributed by atoms with E-state index in [1.165, 1.54) is 5.56 Å². The number of fused-ring (bicyclic) bond motifs is 2. The van der Waals surface area contributed by atoms with Gasteiger partial charge >= 0.3 is 0 Å². The predicted molar refractivity (Wildman–Crippen MR) is 126 cm³/mol. The zero-order valence-electron chi connectivity index (χ0n) is 18.7. The predicted octanol–water partition coefficient (Wildman–Crippen LogP) is 2.63. The quantitative estimate of drug-likeness (QED) is 0.438. The van der Waals surface area contributed by atoms with Crippen LogP contribution in [0, 0.1) is 13.8 Å². The van der Waals surface area contributed by atoms with Crippen molar-refractivity contribution in [3.63, 3.8) is 0 Å². The summed E-state index contributed by atoms with van der Waals surface area (Å²) < 4.78 is 3.93. The summed E-state index contributed by atoms with van der Waals surface area (Å²) in [6.07, 6.45) is 5.55. The first-order valence-corrected chi connectivity index (χ1v) is 10.9. The second kappa shape index (κ2) is 8.42. The number of nitrogens with two attached hydrogens (primary N) is 1. The van der Waals surface area contributed by atoms with Crippen molar-refractivity contribution in [1.29, 1.82) is 0 Å². The first-order valence-electron chi connectivity index (χ1n) is 10.9. The van der Waals surface area contributed by atoms with Crippen LogP contribution in [0.3, 0.4) is 0 Å². The molecule has 0 fully saturated rings. The van der Waals surface area contributed by atoms with Crippen molar-refractivity contribution >= 4 is 17.4 Å². The highest BCUT2D eigenvalue weighted by Gasteiger charge is 2.19. The van der Waals surface area contributed by atoms with E-state index in [9.17, 15) is 4.79 Å². The van der Waals surface area contributed by atoms with Crippen LogP contribution in [0.2, 0.25) is 0 Å². The summed E-state index contributed by atoms with van der Waals surface area (Å²) in [5.74, 6) is 1.10. The molecule has 4 N–H and O–H groups in total. The lowest BCUT2D eigenvalue weighted by Crippen LogP contribution is -2.24. The molecule has 0 atom stereocenters. The van der Waals surface area contributed by atoms with E-state index >= 15 is 0 Å². The van der Waals surface area contributed by atoms with Gasteiger partial charge in [0.25, 0.3) is 5.91 Å². The zero-order valence-corrected chi connectivity index (χ0v) is 18.7. The maximum Gasteiger partial charge on any atom is 0.271 e. The molecule has 168 valence electrons. The smallest absolute Gasteiger partial charge is 0.271 e. The molecule has 5 rings (SSSR count). The maximum absolute atomic E-state index is 12.8. The Balaban J connectivity index is 1.29. The molecule has 9 nitrogen and oxygen atoms in total. The summed E-state index contributed by atoms with van der Waals surface area (Å²) in [7, 11) is 0. The highest BCUT2D eigenvalue weighted by Crippen LogP contribution is 2.24. The van der Waals surface area contributed by atoms with Crippen LogP contribution in [0.25, 0.3) is 0 Å². The lowest BCUT2D eigenvalue weighted by molar-refractivity contribution is 0.0946. The second-order valence-electron chi connectivity index (χ2n) is 8.33. The van der Waals surface area contributed by atoms with Crippen molar-refractivity contribution < 1.29 is 4.79 Å². The highest BCUT2D eigenvalue weighted by atomic mass is 16.1. The summed E-state index contributed by atoms with van der Waals surface area (Å²) in [4.78, 5) is 21.7. The molecule has 0 unspecified atom stereocenters. The van der Waals surface area contributed by atoms with Gasteiger partial charge in [0.05, 0.1) is 19.6 Å². The number of rotatable bonds is 5. The van der Waals surface area contributed by atoms with Gasteiger partial charge < -0.3 is 20.9 Å². The third-order valence-electron chi connectivity index (χ3n) is 5.95. The lowest BCUT2D eigenvalue weighted by atomic mass is 10.1. The zero-order chi connectivity index (χ0) is 22.9. The van der Waals surface area contributed by atoms with Gasteiger partial charge in [0.15, 0.2) is 0 Å². The minimum absolute atomic E-state index is 0.207. The molecular weight excluding hydrogens is 416 g/mol. The van der Waals surface area contributed by atoms with Crippen molar-refractivity contribution in [2.75, 3.05) is 11.1 Å². The van der Waals surface area contributed by atoms with E-state index in [-0.39, 0.29) is 5.91 Å². The number of benzene rings is 1. The number of aryl methyl sites for hydroxylation is 2. The van der Waals surface area contributed by atoms with Crippen LogP contribution < -0.4 is 16.4 Å². The number of carbonyl (C=O) groups is 1. The number of pyridine rings is 1. The molecule has 4 heterocycles. The number of nitrogens with one attached hydrogen (secondary N) is 2. The van der Waals surface area contributed by atoms with Gasteiger partial charge in [-0.25, -0.2) is 9.97 Å². The van der Waals surface area contributed by atoms with Crippen molar-refractivity contribution in [2.24, 2.45) is 0 Å². The number of hydrogen-bond acceptors (Lipinski definition) is 6. The van der Waals surface area contributed by atoms with Crippen LogP contribution in [0.5, 0.6) is 0 Å². The fourth-order valence-electron chi connectivity index (χ4n) is 4.22. The van der Waals surface area contributed by atoms with E-state index in [1.54, 1.807) is 6.20 Å². The molecular formula is C24H26N8O. The number of imidazole rings is 1. The molecule has 0 saturated carbocycles. The van der Waals surface area contributed by atoms with Gasteiger partial charge in [0.1, 0.15) is 17.3 Å². The molecule has 9 heteroatoms. The van der Waals surface area contributed by atoms with Crippen molar-refractivity contribution in [2.45, 2.75) is 40.0 Å². The number of nitrogen functional groups attached to an aromatic ring is 1. The van der Waals surface area contributed by atoms with Crippen LogP contribution in [0.15, 0.2) is 48.9 Å². The number of amides is 1. The molecule has 1 aromatic carbocycles.